The van der Waals surface area contributed by atoms with Crippen molar-refractivity contribution in [2.75, 3.05) is 11.5 Å². The van der Waals surface area contributed by atoms with Crippen molar-refractivity contribution in [2.24, 2.45) is 0 Å². The summed E-state index contributed by atoms with van der Waals surface area (Å²) in [7, 11) is 0. The first-order chi connectivity index (χ1) is 4.10. The molecule has 0 aromatic carbocycles. The first-order valence-corrected chi connectivity index (χ1v) is 5.56. The molecule has 1 aliphatic heterocycles. The van der Waals surface area contributed by atoms with Crippen LogP contribution in [0.3, 0.4) is 0 Å². The molecule has 0 N–H and O–H groups in total. The van der Waals surface area contributed by atoms with E-state index < -0.39 is 0 Å². The number of rotatable bonds is 0. The lowest BCUT2D eigenvalue weighted by molar-refractivity contribution is 0.998. The molecule has 1 fully saturated rings. The summed E-state index contributed by atoms with van der Waals surface area (Å²) in [5.74, 6) is 2.44. The van der Waals surface area contributed by atoms with Gasteiger partial charge in [0.2, 0.25) is 0 Å². The van der Waals surface area contributed by atoms with Crippen LogP contribution < -0.4 is 0 Å². The lowest BCUT2D eigenvalue weighted by Gasteiger charge is -2.30. The van der Waals surface area contributed by atoms with Crippen molar-refractivity contribution in [3.05, 3.63) is 0 Å². The smallest absolute Gasteiger partial charge is 0.0643 e. The van der Waals surface area contributed by atoms with Gasteiger partial charge >= 0.3 is 0 Å². The van der Waals surface area contributed by atoms with Crippen LogP contribution in [0.5, 0.6) is 0 Å². The predicted octanol–water partition coefficient (Wildman–Crippen LogP) is 2.50. The average Bonchev–Trinajstić information content (AvgIpc) is 1.78. The van der Waals surface area contributed by atoms with E-state index in [-0.39, 0.29) is 4.08 Å². The highest BCUT2D eigenvalue weighted by Crippen LogP contribution is 2.40. The Morgan fingerprint density at radius 3 is 2.67 bits per heavy atom. The Morgan fingerprint density at radius 2 is 2.33 bits per heavy atom. The van der Waals surface area contributed by atoms with Crippen LogP contribution in [0.25, 0.3) is 0 Å². The second-order valence-corrected chi connectivity index (χ2v) is 6.85. The highest BCUT2D eigenvalue weighted by atomic mass is 32.2. The van der Waals surface area contributed by atoms with Crippen molar-refractivity contribution in [1.29, 1.82) is 0 Å². The first-order valence-electron chi connectivity index (χ1n) is 3.08. The van der Waals surface area contributed by atoms with Crippen LogP contribution in [-0.4, -0.2) is 20.8 Å². The van der Waals surface area contributed by atoms with E-state index in [4.69, 9.17) is 0 Å². The van der Waals surface area contributed by atoms with Crippen LogP contribution in [-0.2, 0) is 0 Å². The van der Waals surface area contributed by atoms with Gasteiger partial charge in [-0.1, -0.05) is 6.92 Å². The summed E-state index contributed by atoms with van der Waals surface area (Å²) in [6.45, 7) is 4.47. The zero-order valence-electron chi connectivity index (χ0n) is 5.76. The van der Waals surface area contributed by atoms with Gasteiger partial charge in [0.05, 0.1) is 4.08 Å². The van der Waals surface area contributed by atoms with Gasteiger partial charge in [0.25, 0.3) is 0 Å². The Bertz CT molecular complexity index is 90.5. The fourth-order valence-electron chi connectivity index (χ4n) is 0.684. The van der Waals surface area contributed by atoms with Gasteiger partial charge in [0.1, 0.15) is 0 Å². The molecule has 54 valence electrons. The molecule has 2 unspecified atom stereocenters. The molecule has 2 atom stereocenters. The second kappa shape index (κ2) is 2.97. The fraction of sp³-hybridized carbons (Fsp3) is 1.00. The molecule has 0 saturated carbocycles. The third kappa shape index (κ3) is 2.64. The molecule has 0 spiro atoms. The second-order valence-electron chi connectivity index (χ2n) is 2.61. The van der Waals surface area contributed by atoms with E-state index in [1.165, 1.54) is 11.5 Å². The Hall–Kier alpha value is 1.05. The maximum atomic E-state index is 4.50. The maximum Gasteiger partial charge on any atom is 0.0643 e. The third-order valence-electron chi connectivity index (χ3n) is 1.26. The van der Waals surface area contributed by atoms with Gasteiger partial charge in [-0.15, -0.1) is 11.8 Å². The van der Waals surface area contributed by atoms with Crippen LogP contribution in [0.2, 0.25) is 0 Å². The number of thiol groups is 1. The van der Waals surface area contributed by atoms with Gasteiger partial charge in [-0.05, 0) is 6.92 Å². The van der Waals surface area contributed by atoms with Gasteiger partial charge in [0, 0.05) is 16.8 Å². The van der Waals surface area contributed by atoms with Crippen LogP contribution >= 0.6 is 36.2 Å². The van der Waals surface area contributed by atoms with Crippen LogP contribution in [0.15, 0.2) is 0 Å². The van der Waals surface area contributed by atoms with Gasteiger partial charge in [-0.3, -0.25) is 0 Å². The van der Waals surface area contributed by atoms with Gasteiger partial charge in [-0.25, -0.2) is 0 Å². The van der Waals surface area contributed by atoms with E-state index in [0.29, 0.717) is 0 Å². The monoisotopic (exact) mass is 180 g/mol. The summed E-state index contributed by atoms with van der Waals surface area (Å²) < 4.78 is 0.233. The molecule has 1 rings (SSSR count). The molecule has 0 amide bonds. The summed E-state index contributed by atoms with van der Waals surface area (Å²) in [6.07, 6.45) is 0. The number of hydrogen-bond donors (Lipinski definition) is 1. The third-order valence-corrected chi connectivity index (χ3v) is 5.33. The van der Waals surface area contributed by atoms with Gasteiger partial charge in [-0.2, -0.15) is 24.4 Å². The van der Waals surface area contributed by atoms with E-state index in [0.717, 1.165) is 5.25 Å². The average molecular weight is 180 g/mol. The van der Waals surface area contributed by atoms with E-state index >= 15 is 0 Å². The van der Waals surface area contributed by atoms with Crippen LogP contribution in [0.1, 0.15) is 13.8 Å². The molecular formula is C6H12S3. The Labute approximate surface area is 71.0 Å². The minimum Gasteiger partial charge on any atom is -0.161 e. The molecule has 9 heavy (non-hydrogen) atoms. The molecule has 0 nitrogen and oxygen atoms in total. The predicted molar refractivity (Wildman–Crippen MR) is 51.8 cm³/mol. The first kappa shape index (κ1) is 8.15. The quantitative estimate of drug-likeness (QED) is 0.569. The summed E-state index contributed by atoms with van der Waals surface area (Å²) >= 11 is 8.50. The molecule has 0 bridgehead atoms. The molecule has 0 aromatic heterocycles. The van der Waals surface area contributed by atoms with Crippen molar-refractivity contribution in [2.45, 2.75) is 23.2 Å². The Kier molecular flexibility index (Phi) is 2.69. The summed E-state index contributed by atoms with van der Waals surface area (Å²) in [5, 5.41) is 0.829. The molecule has 0 aliphatic carbocycles. The van der Waals surface area contributed by atoms with E-state index in [1.807, 2.05) is 23.5 Å². The largest absolute Gasteiger partial charge is 0.161 e. The lowest BCUT2D eigenvalue weighted by atomic mass is 10.5. The van der Waals surface area contributed by atoms with E-state index in [9.17, 15) is 0 Å². The Balaban J connectivity index is 2.35. The van der Waals surface area contributed by atoms with Crippen LogP contribution in [0.4, 0.5) is 0 Å². The van der Waals surface area contributed by atoms with E-state index in [1.54, 1.807) is 0 Å². The summed E-state index contributed by atoms with van der Waals surface area (Å²) in [4.78, 5) is 0. The molecule has 0 radical (unpaired) electrons. The van der Waals surface area contributed by atoms with Crippen molar-refractivity contribution < 1.29 is 0 Å². The molecule has 0 aromatic rings. The molecule has 3 heteroatoms. The fourth-order valence-corrected chi connectivity index (χ4v) is 3.44. The zero-order chi connectivity index (χ0) is 6.91. The molecular weight excluding hydrogens is 168 g/mol. The molecule has 1 saturated heterocycles. The summed E-state index contributed by atoms with van der Waals surface area (Å²) in [5.41, 5.74) is 0. The van der Waals surface area contributed by atoms with Crippen molar-refractivity contribution in [1.82, 2.24) is 0 Å². The van der Waals surface area contributed by atoms with Crippen molar-refractivity contribution in [3.63, 3.8) is 0 Å². The zero-order valence-corrected chi connectivity index (χ0v) is 8.28. The van der Waals surface area contributed by atoms with Gasteiger partial charge in [0.15, 0.2) is 0 Å². The topological polar surface area (TPSA) is 0 Å². The lowest BCUT2D eigenvalue weighted by Crippen LogP contribution is -2.24. The Morgan fingerprint density at radius 1 is 1.67 bits per heavy atom. The SMILES string of the molecule is CC1CSC(C)(S)CS1. The normalized spacial score (nSPS) is 45.0. The maximum absolute atomic E-state index is 4.50. The highest BCUT2D eigenvalue weighted by molar-refractivity contribution is 8.15. The highest BCUT2D eigenvalue weighted by Gasteiger charge is 2.26. The molecule has 1 heterocycles. The number of hydrogen-bond acceptors (Lipinski definition) is 3. The minimum absolute atomic E-state index is 0.233. The van der Waals surface area contributed by atoms with E-state index in [2.05, 4.69) is 26.5 Å². The minimum atomic E-state index is 0.233. The summed E-state index contributed by atoms with van der Waals surface area (Å²) in [6, 6.07) is 0. The number of thioether (sulfide) groups is 2. The van der Waals surface area contributed by atoms with Gasteiger partial charge < -0.3 is 0 Å². The molecule has 1 aliphatic rings. The van der Waals surface area contributed by atoms with Crippen molar-refractivity contribution >= 4 is 36.2 Å². The standard InChI is InChI=1S/C6H12S3/c1-5-3-9-6(2,7)4-8-5/h5,7H,3-4H2,1-2H3. The van der Waals surface area contributed by atoms with Crippen LogP contribution in [0, 0.1) is 0 Å². The van der Waals surface area contributed by atoms with Crippen molar-refractivity contribution in [3.8, 4) is 0 Å².